The van der Waals surface area contributed by atoms with Crippen molar-refractivity contribution in [2.75, 3.05) is 7.11 Å². The van der Waals surface area contributed by atoms with Crippen LogP contribution in [-0.4, -0.2) is 19.6 Å². The van der Waals surface area contributed by atoms with Crippen LogP contribution in [0.15, 0.2) is 42.5 Å². The lowest BCUT2D eigenvalue weighted by Gasteiger charge is -2.07. The topological polar surface area (TPSA) is 38.7 Å². The average Bonchev–Trinajstić information content (AvgIpc) is 2.40. The second kappa shape index (κ2) is 5.55. The Morgan fingerprint density at radius 2 is 1.72 bits per heavy atom. The smallest absolute Gasteiger partial charge is 0.326 e. The van der Waals surface area contributed by atoms with Crippen molar-refractivity contribution in [1.29, 1.82) is 0 Å². The van der Waals surface area contributed by atoms with Crippen LogP contribution in [0.25, 0.3) is 0 Å². The minimum absolute atomic E-state index is 0.174. The fraction of sp³-hybridized carbons (Fsp3) is 0.0769. The molecule has 0 saturated carbocycles. The van der Waals surface area contributed by atoms with Gasteiger partial charge in [-0.05, 0) is 24.3 Å². The molecule has 2 rings (SSSR count). The molecule has 1 N–H and O–H groups in total. The summed E-state index contributed by atoms with van der Waals surface area (Å²) in [5, 5.41) is 8.78. The molecule has 1 radical (unpaired) electrons. The van der Waals surface area contributed by atoms with Crippen LogP contribution in [0.3, 0.4) is 0 Å². The van der Waals surface area contributed by atoms with E-state index in [4.69, 9.17) is 14.5 Å². The van der Waals surface area contributed by atoms with Crippen molar-refractivity contribution in [3.63, 3.8) is 0 Å². The summed E-state index contributed by atoms with van der Waals surface area (Å²) in [7, 11) is 2.40. The zero-order chi connectivity index (χ0) is 13.0. The lowest BCUT2D eigenvalue weighted by molar-refractivity contribution is 0.383. The van der Waals surface area contributed by atoms with Crippen molar-refractivity contribution in [3.8, 4) is 17.2 Å². The lowest BCUT2D eigenvalue weighted by atomic mass is 9.89. The van der Waals surface area contributed by atoms with Crippen LogP contribution in [0.2, 0.25) is 0 Å². The molecule has 3 nitrogen and oxygen atoms in total. The zero-order valence-corrected chi connectivity index (χ0v) is 9.76. The van der Waals surface area contributed by atoms with Crippen LogP contribution in [0.5, 0.6) is 17.2 Å². The molecule has 0 amide bonds. The Hall–Kier alpha value is -2.01. The first-order valence-corrected chi connectivity index (χ1v) is 5.32. The Kier molecular flexibility index (Phi) is 3.84. The van der Waals surface area contributed by atoms with E-state index in [0.717, 1.165) is 7.48 Å². The quantitative estimate of drug-likeness (QED) is 0.835. The van der Waals surface area contributed by atoms with Gasteiger partial charge in [-0.1, -0.05) is 17.6 Å². The van der Waals surface area contributed by atoms with Crippen LogP contribution in [-0.2, 0) is 0 Å². The van der Waals surface area contributed by atoms with Gasteiger partial charge in [0.2, 0.25) is 0 Å². The molecular weight excluding hydrogens is 234 g/mol. The van der Waals surface area contributed by atoms with Gasteiger partial charge in [-0.2, -0.15) is 0 Å². The monoisotopic (exact) mass is 245 g/mol. The molecule has 0 atom stereocenters. The average molecular weight is 245 g/mol. The van der Waals surface area contributed by atoms with Crippen LogP contribution >= 0.6 is 0 Å². The maximum absolute atomic E-state index is 13.4. The molecule has 0 aliphatic carbocycles. The second-order valence-electron chi connectivity index (χ2n) is 3.60. The maximum atomic E-state index is 13.4. The SMILES string of the molecule is COc1ccc(Oc2ccc([B]O)cc2)cc1F. The summed E-state index contributed by atoms with van der Waals surface area (Å²) in [4.78, 5) is 0. The number of halogens is 1. The van der Waals surface area contributed by atoms with Gasteiger partial charge in [0, 0.05) is 6.07 Å². The van der Waals surface area contributed by atoms with Crippen molar-refractivity contribution in [1.82, 2.24) is 0 Å². The Balaban J connectivity index is 2.15. The summed E-state index contributed by atoms with van der Waals surface area (Å²) >= 11 is 0. The minimum atomic E-state index is -0.477. The highest BCUT2D eigenvalue weighted by Crippen LogP contribution is 2.26. The van der Waals surface area contributed by atoms with E-state index in [1.54, 1.807) is 30.3 Å². The number of methoxy groups -OCH3 is 1. The van der Waals surface area contributed by atoms with E-state index in [9.17, 15) is 4.39 Å². The van der Waals surface area contributed by atoms with Gasteiger partial charge in [-0.25, -0.2) is 4.39 Å². The van der Waals surface area contributed by atoms with E-state index < -0.39 is 5.82 Å². The standard InChI is InChI=1S/C13H11BFO3/c1-17-13-7-6-11(8-12(13)15)18-10-4-2-9(14-16)3-5-10/h2-8,16H,1H3. The normalized spacial score (nSPS) is 9.94. The Morgan fingerprint density at radius 1 is 1.06 bits per heavy atom. The Bertz CT molecular complexity index is 528. The maximum Gasteiger partial charge on any atom is 0.326 e. The summed E-state index contributed by atoms with van der Waals surface area (Å²) in [6.07, 6.45) is 0. The molecule has 0 aliphatic heterocycles. The molecule has 5 heteroatoms. The van der Waals surface area contributed by atoms with E-state index in [2.05, 4.69) is 0 Å². The van der Waals surface area contributed by atoms with E-state index in [0.29, 0.717) is 17.0 Å². The molecule has 0 aliphatic rings. The van der Waals surface area contributed by atoms with Crippen LogP contribution < -0.4 is 14.9 Å². The first kappa shape index (κ1) is 12.5. The summed E-state index contributed by atoms with van der Waals surface area (Å²) in [6.45, 7) is 0. The first-order valence-electron chi connectivity index (χ1n) is 5.32. The fourth-order valence-electron chi connectivity index (χ4n) is 1.47. The highest BCUT2D eigenvalue weighted by atomic mass is 19.1. The predicted octanol–water partition coefficient (Wildman–Crippen LogP) is 1.86. The van der Waals surface area contributed by atoms with Crippen LogP contribution in [0, 0.1) is 5.82 Å². The number of hydrogen-bond acceptors (Lipinski definition) is 3. The van der Waals surface area contributed by atoms with Crippen molar-refractivity contribution >= 4 is 12.9 Å². The molecule has 0 saturated heterocycles. The predicted molar refractivity (Wildman–Crippen MR) is 67.1 cm³/mol. The van der Waals surface area contributed by atoms with E-state index in [1.165, 1.54) is 19.2 Å². The lowest BCUT2D eigenvalue weighted by Crippen LogP contribution is -2.11. The summed E-state index contributed by atoms with van der Waals surface area (Å²) in [5.74, 6) is 0.641. The molecule has 91 valence electrons. The third-order valence-electron chi connectivity index (χ3n) is 2.39. The van der Waals surface area contributed by atoms with Gasteiger partial charge in [-0.3, -0.25) is 0 Å². The number of rotatable bonds is 4. The minimum Gasteiger partial charge on any atom is -0.494 e. The van der Waals surface area contributed by atoms with Gasteiger partial charge in [0.15, 0.2) is 11.6 Å². The van der Waals surface area contributed by atoms with Gasteiger partial charge in [0.1, 0.15) is 11.5 Å². The molecule has 0 bridgehead atoms. The van der Waals surface area contributed by atoms with Gasteiger partial charge >= 0.3 is 7.48 Å². The van der Waals surface area contributed by atoms with Gasteiger partial charge < -0.3 is 14.5 Å². The van der Waals surface area contributed by atoms with Crippen molar-refractivity contribution in [3.05, 3.63) is 48.3 Å². The number of benzene rings is 2. The molecule has 0 heterocycles. The molecule has 0 aromatic heterocycles. The molecule has 0 spiro atoms. The van der Waals surface area contributed by atoms with Gasteiger partial charge in [0.25, 0.3) is 0 Å². The van der Waals surface area contributed by atoms with Crippen molar-refractivity contribution < 1.29 is 18.9 Å². The van der Waals surface area contributed by atoms with E-state index in [-0.39, 0.29) is 5.75 Å². The molecule has 2 aromatic carbocycles. The van der Waals surface area contributed by atoms with E-state index in [1.807, 2.05) is 0 Å². The molecule has 18 heavy (non-hydrogen) atoms. The fourth-order valence-corrected chi connectivity index (χ4v) is 1.47. The van der Waals surface area contributed by atoms with Crippen molar-refractivity contribution in [2.45, 2.75) is 0 Å². The summed E-state index contributed by atoms with van der Waals surface area (Å²) < 4.78 is 23.7. The molecule has 0 fully saturated rings. The first-order chi connectivity index (χ1) is 8.72. The summed E-state index contributed by atoms with van der Waals surface area (Å²) in [5.41, 5.74) is 0.670. The molecule has 2 aromatic rings. The number of hydrogen-bond donors (Lipinski definition) is 1. The highest BCUT2D eigenvalue weighted by molar-refractivity contribution is 6.45. The van der Waals surface area contributed by atoms with E-state index >= 15 is 0 Å². The third kappa shape index (κ3) is 2.81. The number of ether oxygens (including phenoxy) is 2. The summed E-state index contributed by atoms with van der Waals surface area (Å²) in [6, 6.07) is 11.1. The highest BCUT2D eigenvalue weighted by Gasteiger charge is 2.05. The second-order valence-corrected chi connectivity index (χ2v) is 3.60. The van der Waals surface area contributed by atoms with Crippen LogP contribution in [0.1, 0.15) is 0 Å². The third-order valence-corrected chi connectivity index (χ3v) is 2.39. The largest absolute Gasteiger partial charge is 0.494 e. The van der Waals surface area contributed by atoms with Crippen LogP contribution in [0.4, 0.5) is 4.39 Å². The molecular formula is C13H11BFO3. The Labute approximate surface area is 105 Å². The van der Waals surface area contributed by atoms with Gasteiger partial charge in [-0.15, -0.1) is 0 Å². The molecule has 0 unspecified atom stereocenters. The van der Waals surface area contributed by atoms with Crippen molar-refractivity contribution in [2.24, 2.45) is 0 Å². The van der Waals surface area contributed by atoms with Gasteiger partial charge in [0.05, 0.1) is 7.11 Å². The zero-order valence-electron chi connectivity index (χ0n) is 9.76. The Morgan fingerprint density at radius 3 is 2.28 bits per heavy atom.